The van der Waals surface area contributed by atoms with E-state index in [-0.39, 0.29) is 9.92 Å². The van der Waals surface area contributed by atoms with E-state index in [0.29, 0.717) is 29.3 Å². The van der Waals surface area contributed by atoms with Gasteiger partial charge in [-0.25, -0.2) is 13.1 Å². The topological polar surface area (TPSA) is 46.2 Å². The standard InChI is InChI=1S/C13H16Cl3NO2S/c14-7-9-2-1-3-10(9)8-17-20(18,19)13-6-11(15)4-5-12(13)16/h4-6,9-10,17H,1-3,7-8H2. The van der Waals surface area contributed by atoms with Crippen LogP contribution in [-0.2, 0) is 10.0 Å². The second-order valence-corrected chi connectivity index (χ2v) is 7.92. The molecule has 7 heteroatoms. The maximum Gasteiger partial charge on any atom is 0.242 e. The monoisotopic (exact) mass is 355 g/mol. The lowest BCUT2D eigenvalue weighted by atomic mass is 9.98. The van der Waals surface area contributed by atoms with E-state index in [4.69, 9.17) is 34.8 Å². The van der Waals surface area contributed by atoms with Crippen LogP contribution < -0.4 is 4.72 Å². The maximum absolute atomic E-state index is 12.3. The Balaban J connectivity index is 2.09. The van der Waals surface area contributed by atoms with Crippen molar-refractivity contribution in [2.75, 3.05) is 12.4 Å². The summed E-state index contributed by atoms with van der Waals surface area (Å²) in [4.78, 5) is 0.0205. The third-order valence-electron chi connectivity index (χ3n) is 3.73. The zero-order valence-electron chi connectivity index (χ0n) is 10.8. The van der Waals surface area contributed by atoms with Crippen LogP contribution in [0.25, 0.3) is 0 Å². The summed E-state index contributed by atoms with van der Waals surface area (Å²) in [6, 6.07) is 4.40. The molecule has 0 spiro atoms. The summed E-state index contributed by atoms with van der Waals surface area (Å²) in [5, 5.41) is 0.511. The zero-order chi connectivity index (χ0) is 14.8. The van der Waals surface area contributed by atoms with Crippen LogP contribution in [0.2, 0.25) is 10.0 Å². The van der Waals surface area contributed by atoms with Gasteiger partial charge in [0.15, 0.2) is 0 Å². The van der Waals surface area contributed by atoms with Crippen LogP contribution in [0.5, 0.6) is 0 Å². The van der Waals surface area contributed by atoms with Crippen molar-refractivity contribution < 1.29 is 8.42 Å². The van der Waals surface area contributed by atoms with Crippen molar-refractivity contribution in [3.05, 3.63) is 28.2 Å². The minimum atomic E-state index is -3.64. The van der Waals surface area contributed by atoms with E-state index >= 15 is 0 Å². The molecule has 1 aliphatic rings. The summed E-state index contributed by atoms with van der Waals surface area (Å²) in [6.07, 6.45) is 3.17. The number of halogens is 3. The van der Waals surface area contributed by atoms with Gasteiger partial charge < -0.3 is 0 Å². The van der Waals surface area contributed by atoms with Crippen LogP contribution in [0.15, 0.2) is 23.1 Å². The van der Waals surface area contributed by atoms with Crippen molar-refractivity contribution in [3.63, 3.8) is 0 Å². The van der Waals surface area contributed by atoms with Crippen LogP contribution in [0.3, 0.4) is 0 Å². The summed E-state index contributed by atoms with van der Waals surface area (Å²) >= 11 is 17.7. The molecular formula is C13H16Cl3NO2S. The van der Waals surface area contributed by atoms with Crippen molar-refractivity contribution in [1.29, 1.82) is 0 Å². The molecule has 1 aliphatic carbocycles. The van der Waals surface area contributed by atoms with Crippen molar-refractivity contribution in [2.45, 2.75) is 24.2 Å². The molecule has 112 valence electrons. The SMILES string of the molecule is O=S(=O)(NCC1CCCC1CCl)c1cc(Cl)ccc1Cl. The molecule has 0 heterocycles. The molecule has 2 unspecified atom stereocenters. The second-order valence-electron chi connectivity index (χ2n) is 5.03. The quantitative estimate of drug-likeness (QED) is 0.813. The minimum absolute atomic E-state index is 0.0205. The molecule has 0 aliphatic heterocycles. The summed E-state index contributed by atoms with van der Waals surface area (Å²) in [5.41, 5.74) is 0. The molecule has 0 saturated heterocycles. The van der Waals surface area contributed by atoms with E-state index in [0.717, 1.165) is 19.3 Å². The van der Waals surface area contributed by atoms with Gasteiger partial charge in [0.05, 0.1) is 5.02 Å². The smallest absolute Gasteiger partial charge is 0.211 e. The zero-order valence-corrected chi connectivity index (χ0v) is 13.9. The van der Waals surface area contributed by atoms with Crippen LogP contribution in [0, 0.1) is 11.8 Å². The molecule has 1 aromatic rings. The summed E-state index contributed by atoms with van der Waals surface area (Å²) < 4.78 is 27.2. The highest BCUT2D eigenvalue weighted by atomic mass is 35.5. The molecule has 2 rings (SSSR count). The van der Waals surface area contributed by atoms with Gasteiger partial charge in [0.1, 0.15) is 4.90 Å². The normalized spacial score (nSPS) is 23.1. The number of sulfonamides is 1. The molecule has 1 fully saturated rings. The first-order chi connectivity index (χ1) is 9.44. The van der Waals surface area contributed by atoms with Crippen molar-refractivity contribution >= 4 is 44.8 Å². The van der Waals surface area contributed by atoms with Crippen LogP contribution >= 0.6 is 34.8 Å². The number of hydrogen-bond donors (Lipinski definition) is 1. The molecule has 1 aromatic carbocycles. The predicted molar refractivity (Wildman–Crippen MR) is 83.2 cm³/mol. The minimum Gasteiger partial charge on any atom is -0.211 e. The van der Waals surface area contributed by atoms with Gasteiger partial charge in [-0.2, -0.15) is 0 Å². The molecule has 2 atom stereocenters. The Bertz CT molecular complexity index is 577. The highest BCUT2D eigenvalue weighted by Gasteiger charge is 2.28. The number of benzene rings is 1. The third kappa shape index (κ3) is 3.80. The average Bonchev–Trinajstić information content (AvgIpc) is 2.86. The second kappa shape index (κ2) is 6.84. The number of nitrogens with one attached hydrogen (secondary N) is 1. The van der Waals surface area contributed by atoms with Gasteiger partial charge in [0.2, 0.25) is 10.0 Å². The third-order valence-corrected chi connectivity index (χ3v) is 6.27. The fourth-order valence-corrected chi connectivity index (χ4v) is 4.82. The van der Waals surface area contributed by atoms with Gasteiger partial charge in [-0.1, -0.05) is 29.6 Å². The fraction of sp³-hybridized carbons (Fsp3) is 0.538. The van der Waals surface area contributed by atoms with E-state index in [2.05, 4.69) is 4.72 Å². The summed E-state index contributed by atoms with van der Waals surface area (Å²) in [7, 11) is -3.64. The molecule has 0 amide bonds. The van der Waals surface area contributed by atoms with Crippen LogP contribution in [-0.4, -0.2) is 20.8 Å². The Kier molecular flexibility index (Phi) is 5.60. The van der Waals surface area contributed by atoms with E-state index in [1.165, 1.54) is 12.1 Å². The first-order valence-electron chi connectivity index (χ1n) is 6.44. The molecule has 1 N–H and O–H groups in total. The number of rotatable bonds is 5. The molecule has 20 heavy (non-hydrogen) atoms. The predicted octanol–water partition coefficient (Wildman–Crippen LogP) is 3.93. The highest BCUT2D eigenvalue weighted by molar-refractivity contribution is 7.89. The Labute approximate surface area is 134 Å². The van der Waals surface area contributed by atoms with Crippen molar-refractivity contribution in [1.82, 2.24) is 4.72 Å². The van der Waals surface area contributed by atoms with Gasteiger partial charge in [0, 0.05) is 17.4 Å². The Morgan fingerprint density at radius 2 is 1.90 bits per heavy atom. The van der Waals surface area contributed by atoms with Crippen LogP contribution in [0.4, 0.5) is 0 Å². The molecule has 1 saturated carbocycles. The molecule has 0 bridgehead atoms. The van der Waals surface area contributed by atoms with Gasteiger partial charge in [-0.15, -0.1) is 11.6 Å². The van der Waals surface area contributed by atoms with Gasteiger partial charge in [0.25, 0.3) is 0 Å². The molecular weight excluding hydrogens is 341 g/mol. The van der Waals surface area contributed by atoms with Crippen LogP contribution in [0.1, 0.15) is 19.3 Å². The summed E-state index contributed by atoms with van der Waals surface area (Å²) in [6.45, 7) is 0.391. The molecule has 0 radical (unpaired) electrons. The van der Waals surface area contributed by atoms with Crippen molar-refractivity contribution in [3.8, 4) is 0 Å². The Morgan fingerprint density at radius 3 is 2.60 bits per heavy atom. The maximum atomic E-state index is 12.3. The van der Waals surface area contributed by atoms with E-state index in [1.807, 2.05) is 0 Å². The number of alkyl halides is 1. The first-order valence-corrected chi connectivity index (χ1v) is 9.22. The fourth-order valence-electron chi connectivity index (χ4n) is 2.56. The lowest BCUT2D eigenvalue weighted by Gasteiger charge is -2.18. The largest absolute Gasteiger partial charge is 0.242 e. The molecule has 3 nitrogen and oxygen atoms in total. The van der Waals surface area contributed by atoms with Gasteiger partial charge >= 0.3 is 0 Å². The van der Waals surface area contributed by atoms with E-state index in [1.54, 1.807) is 6.07 Å². The molecule has 0 aromatic heterocycles. The van der Waals surface area contributed by atoms with E-state index in [9.17, 15) is 8.42 Å². The Morgan fingerprint density at radius 1 is 1.20 bits per heavy atom. The number of hydrogen-bond acceptors (Lipinski definition) is 2. The van der Waals surface area contributed by atoms with E-state index < -0.39 is 10.0 Å². The first kappa shape index (κ1) is 16.4. The lowest BCUT2D eigenvalue weighted by molar-refractivity contribution is 0.418. The lowest BCUT2D eigenvalue weighted by Crippen LogP contribution is -2.31. The van der Waals surface area contributed by atoms with Gasteiger partial charge in [-0.05, 0) is 42.9 Å². The Hall–Kier alpha value is -0.000000000000000167. The highest BCUT2D eigenvalue weighted by Crippen LogP contribution is 2.32. The van der Waals surface area contributed by atoms with Gasteiger partial charge in [-0.3, -0.25) is 0 Å². The average molecular weight is 357 g/mol. The summed E-state index contributed by atoms with van der Waals surface area (Å²) in [5.74, 6) is 1.25. The van der Waals surface area contributed by atoms with Crippen molar-refractivity contribution in [2.24, 2.45) is 11.8 Å².